The summed E-state index contributed by atoms with van der Waals surface area (Å²) in [5.41, 5.74) is 0.468. The standard InChI is InChI=1S/C20H16FN3O3S/c1-24-19(26)17(18(25)23-20(24)27)14-10-16(11-6-8-12(21)9-7-11)28-15-5-3-2-4-13(15)22-14/h2-9,16,26H,10H2,1H3,(H,23,25,27)/t16-/m1/s1. The molecule has 1 aliphatic heterocycles. The highest BCUT2D eigenvalue weighted by atomic mass is 32.2. The van der Waals surface area contributed by atoms with Crippen LogP contribution in [0.25, 0.3) is 0 Å². The van der Waals surface area contributed by atoms with Gasteiger partial charge in [0.2, 0.25) is 5.88 Å². The molecule has 4 rings (SSSR count). The highest BCUT2D eigenvalue weighted by Crippen LogP contribution is 2.45. The molecule has 8 heteroatoms. The van der Waals surface area contributed by atoms with Crippen molar-refractivity contribution in [2.45, 2.75) is 16.6 Å². The Labute approximate surface area is 163 Å². The number of aromatic hydroxyl groups is 1. The second-order valence-corrected chi connectivity index (χ2v) is 7.65. The van der Waals surface area contributed by atoms with Crippen LogP contribution in [0.4, 0.5) is 10.1 Å². The van der Waals surface area contributed by atoms with Crippen molar-refractivity contribution < 1.29 is 9.50 Å². The summed E-state index contributed by atoms with van der Waals surface area (Å²) in [5.74, 6) is -0.765. The molecule has 0 amide bonds. The van der Waals surface area contributed by atoms with Crippen molar-refractivity contribution in [2.75, 3.05) is 0 Å². The molecule has 6 nitrogen and oxygen atoms in total. The number of hydrogen-bond acceptors (Lipinski definition) is 5. The minimum Gasteiger partial charge on any atom is -0.494 e. The van der Waals surface area contributed by atoms with E-state index in [1.54, 1.807) is 23.9 Å². The van der Waals surface area contributed by atoms with Crippen LogP contribution in [0, 0.1) is 5.82 Å². The Hall–Kier alpha value is -3.13. The van der Waals surface area contributed by atoms with Crippen LogP contribution >= 0.6 is 11.8 Å². The van der Waals surface area contributed by atoms with Gasteiger partial charge in [-0.3, -0.25) is 19.3 Å². The molecule has 0 fully saturated rings. The van der Waals surface area contributed by atoms with Crippen LogP contribution in [0.5, 0.6) is 5.88 Å². The van der Waals surface area contributed by atoms with Crippen molar-refractivity contribution in [1.29, 1.82) is 0 Å². The van der Waals surface area contributed by atoms with Gasteiger partial charge in [0, 0.05) is 23.6 Å². The minimum absolute atomic E-state index is 0.0356. The normalized spacial score (nSPS) is 16.2. The summed E-state index contributed by atoms with van der Waals surface area (Å²) in [5, 5.41) is 10.3. The molecule has 0 aliphatic carbocycles. The van der Waals surface area contributed by atoms with Gasteiger partial charge in [-0.05, 0) is 29.8 Å². The summed E-state index contributed by atoms with van der Waals surface area (Å²) in [6.45, 7) is 0. The molecule has 3 aromatic rings. The Morgan fingerprint density at radius 1 is 1.18 bits per heavy atom. The highest BCUT2D eigenvalue weighted by molar-refractivity contribution is 7.99. The number of para-hydroxylation sites is 1. The van der Waals surface area contributed by atoms with Crippen molar-refractivity contribution in [3.8, 4) is 5.88 Å². The first-order valence-electron chi connectivity index (χ1n) is 8.55. The number of aromatic nitrogens is 2. The molecule has 1 aromatic heterocycles. The molecule has 1 atom stereocenters. The van der Waals surface area contributed by atoms with Crippen molar-refractivity contribution in [1.82, 2.24) is 9.55 Å². The summed E-state index contributed by atoms with van der Waals surface area (Å²) in [7, 11) is 1.37. The van der Waals surface area contributed by atoms with Crippen LogP contribution in [-0.2, 0) is 7.05 Å². The molecule has 1 aliphatic rings. The van der Waals surface area contributed by atoms with Crippen molar-refractivity contribution in [3.05, 3.63) is 86.3 Å². The largest absolute Gasteiger partial charge is 0.494 e. The summed E-state index contributed by atoms with van der Waals surface area (Å²) in [6, 6.07) is 13.7. The molecule has 0 saturated heterocycles. The Kier molecular flexibility index (Phi) is 4.64. The maximum absolute atomic E-state index is 13.4. The Bertz CT molecular complexity index is 1200. The van der Waals surface area contributed by atoms with Crippen molar-refractivity contribution >= 4 is 23.2 Å². The van der Waals surface area contributed by atoms with E-state index in [-0.39, 0.29) is 16.6 Å². The van der Waals surface area contributed by atoms with Gasteiger partial charge in [-0.25, -0.2) is 9.18 Å². The smallest absolute Gasteiger partial charge is 0.330 e. The van der Waals surface area contributed by atoms with Crippen LogP contribution in [-0.4, -0.2) is 20.4 Å². The lowest BCUT2D eigenvalue weighted by Gasteiger charge is -2.16. The van der Waals surface area contributed by atoms with Crippen LogP contribution < -0.4 is 11.2 Å². The monoisotopic (exact) mass is 397 g/mol. The van der Waals surface area contributed by atoms with E-state index in [2.05, 4.69) is 9.98 Å². The lowest BCUT2D eigenvalue weighted by atomic mass is 10.0. The van der Waals surface area contributed by atoms with E-state index in [0.29, 0.717) is 17.8 Å². The lowest BCUT2D eigenvalue weighted by molar-refractivity contribution is 0.416. The highest BCUT2D eigenvalue weighted by Gasteiger charge is 2.26. The summed E-state index contributed by atoms with van der Waals surface area (Å²) < 4.78 is 14.3. The number of rotatable bonds is 2. The van der Waals surface area contributed by atoms with Crippen LogP contribution in [0.2, 0.25) is 0 Å². The van der Waals surface area contributed by atoms with Gasteiger partial charge < -0.3 is 5.11 Å². The molecular formula is C20H16FN3O3S. The average molecular weight is 397 g/mol. The number of H-pyrrole nitrogens is 1. The quantitative estimate of drug-likeness (QED) is 0.695. The first-order valence-corrected chi connectivity index (χ1v) is 9.43. The fourth-order valence-corrected chi connectivity index (χ4v) is 4.33. The SMILES string of the molecule is Cn1c(O)c(C2=Nc3ccccc3S[C@@H](c3ccc(F)cc3)C2)c(=O)[nH]c1=O. The number of thioether (sulfide) groups is 1. The Balaban J connectivity index is 1.90. The van der Waals surface area contributed by atoms with E-state index in [4.69, 9.17) is 0 Å². The third-order valence-electron chi connectivity index (χ3n) is 4.59. The molecule has 28 heavy (non-hydrogen) atoms. The number of benzene rings is 2. The zero-order valence-electron chi connectivity index (χ0n) is 14.8. The van der Waals surface area contributed by atoms with E-state index in [1.165, 1.54) is 19.2 Å². The van der Waals surface area contributed by atoms with Gasteiger partial charge >= 0.3 is 5.69 Å². The van der Waals surface area contributed by atoms with Gasteiger partial charge in [0.1, 0.15) is 11.4 Å². The van der Waals surface area contributed by atoms with Crippen LogP contribution in [0.15, 0.2) is 68.0 Å². The predicted octanol–water partition coefficient (Wildman–Crippen LogP) is 3.28. The third-order valence-corrected chi connectivity index (χ3v) is 5.91. The number of fused-ring (bicyclic) bond motifs is 1. The lowest BCUT2D eigenvalue weighted by Crippen LogP contribution is -2.32. The fraction of sp³-hybridized carbons (Fsp3) is 0.150. The average Bonchev–Trinajstić information content (AvgIpc) is 2.86. The Morgan fingerprint density at radius 3 is 2.64 bits per heavy atom. The Morgan fingerprint density at radius 2 is 1.89 bits per heavy atom. The zero-order valence-corrected chi connectivity index (χ0v) is 15.7. The number of halogens is 1. The van der Waals surface area contributed by atoms with Crippen LogP contribution in [0.1, 0.15) is 22.8 Å². The number of nitrogens with zero attached hydrogens (tertiary/aromatic N) is 2. The zero-order chi connectivity index (χ0) is 19.8. The predicted molar refractivity (Wildman–Crippen MR) is 106 cm³/mol. The first-order chi connectivity index (χ1) is 13.4. The summed E-state index contributed by atoms with van der Waals surface area (Å²) in [6.07, 6.45) is 0.319. The molecule has 0 saturated carbocycles. The van der Waals surface area contributed by atoms with Gasteiger partial charge in [0.05, 0.1) is 11.4 Å². The maximum atomic E-state index is 13.4. The van der Waals surface area contributed by atoms with Gasteiger partial charge in [-0.1, -0.05) is 24.3 Å². The van der Waals surface area contributed by atoms with Gasteiger partial charge in [0.25, 0.3) is 5.56 Å². The van der Waals surface area contributed by atoms with E-state index in [1.807, 2.05) is 24.3 Å². The number of aromatic amines is 1. The summed E-state index contributed by atoms with van der Waals surface area (Å²) in [4.78, 5) is 31.9. The van der Waals surface area contributed by atoms with Gasteiger partial charge in [0.15, 0.2) is 0 Å². The number of hydrogen-bond donors (Lipinski definition) is 2. The topological polar surface area (TPSA) is 87.4 Å². The number of aliphatic imine (C=N–C) groups is 1. The second kappa shape index (κ2) is 7.12. The molecule has 142 valence electrons. The van der Waals surface area contributed by atoms with E-state index < -0.39 is 17.1 Å². The molecular weight excluding hydrogens is 381 g/mol. The molecule has 2 aromatic carbocycles. The third kappa shape index (κ3) is 3.27. The molecule has 0 bridgehead atoms. The van der Waals surface area contributed by atoms with Crippen LogP contribution in [0.3, 0.4) is 0 Å². The fourth-order valence-electron chi connectivity index (χ4n) is 3.10. The second-order valence-electron chi connectivity index (χ2n) is 6.41. The van der Waals surface area contributed by atoms with Gasteiger partial charge in [-0.2, -0.15) is 0 Å². The first kappa shape index (κ1) is 18.2. The van der Waals surface area contributed by atoms with E-state index in [9.17, 15) is 19.1 Å². The van der Waals surface area contributed by atoms with Crippen molar-refractivity contribution in [3.63, 3.8) is 0 Å². The summed E-state index contributed by atoms with van der Waals surface area (Å²) >= 11 is 1.55. The van der Waals surface area contributed by atoms with E-state index in [0.717, 1.165) is 15.0 Å². The number of nitrogens with one attached hydrogen (secondary N) is 1. The molecule has 0 spiro atoms. The molecule has 0 radical (unpaired) electrons. The minimum atomic E-state index is -0.703. The molecule has 2 heterocycles. The van der Waals surface area contributed by atoms with Crippen molar-refractivity contribution in [2.24, 2.45) is 12.0 Å². The maximum Gasteiger partial charge on any atom is 0.330 e. The van der Waals surface area contributed by atoms with Gasteiger partial charge in [-0.15, -0.1) is 11.8 Å². The van der Waals surface area contributed by atoms with E-state index >= 15 is 0 Å². The molecule has 2 N–H and O–H groups in total. The molecule has 0 unspecified atom stereocenters.